The molecule has 2 rings (SSSR count). The van der Waals surface area contributed by atoms with Crippen molar-refractivity contribution in [3.8, 4) is 0 Å². The normalized spacial score (nSPS) is 16.5. The van der Waals surface area contributed by atoms with E-state index in [2.05, 4.69) is 5.32 Å². The Bertz CT molecular complexity index is 519. The standard InChI is InChI=1S/C12H14N2O5/c15-7-12(4-1-5-12)13-10-6-8(14(18)19)2-3-9(10)11(16)17/h2-3,6,13,15H,1,4-5,7H2,(H,16,17). The quantitative estimate of drug-likeness (QED) is 0.551. The van der Waals surface area contributed by atoms with Gasteiger partial charge >= 0.3 is 5.97 Å². The van der Waals surface area contributed by atoms with Crippen LogP contribution in [-0.4, -0.2) is 33.3 Å². The highest BCUT2D eigenvalue weighted by atomic mass is 16.6. The molecule has 7 nitrogen and oxygen atoms in total. The summed E-state index contributed by atoms with van der Waals surface area (Å²) in [6, 6.07) is 3.55. The summed E-state index contributed by atoms with van der Waals surface area (Å²) in [6.45, 7) is -0.130. The van der Waals surface area contributed by atoms with E-state index >= 15 is 0 Å². The molecule has 0 aromatic heterocycles. The number of nitro groups is 1. The first-order chi connectivity index (χ1) is 8.97. The second kappa shape index (κ2) is 4.85. The van der Waals surface area contributed by atoms with E-state index < -0.39 is 16.4 Å². The van der Waals surface area contributed by atoms with Gasteiger partial charge in [-0.2, -0.15) is 0 Å². The van der Waals surface area contributed by atoms with Crippen LogP contribution in [0.1, 0.15) is 29.6 Å². The lowest BCUT2D eigenvalue weighted by molar-refractivity contribution is -0.384. The predicted octanol–water partition coefficient (Wildman–Crippen LogP) is 1.62. The summed E-state index contributed by atoms with van der Waals surface area (Å²) in [5, 5.41) is 32.1. The molecule has 1 aliphatic carbocycles. The average molecular weight is 266 g/mol. The lowest BCUT2D eigenvalue weighted by atomic mass is 9.77. The molecule has 0 atom stereocenters. The highest BCUT2D eigenvalue weighted by Gasteiger charge is 2.37. The van der Waals surface area contributed by atoms with E-state index in [-0.39, 0.29) is 23.5 Å². The van der Waals surface area contributed by atoms with Crippen LogP contribution in [0.25, 0.3) is 0 Å². The number of aromatic carboxylic acids is 1. The molecule has 19 heavy (non-hydrogen) atoms. The second-order valence-corrected chi connectivity index (χ2v) is 4.71. The van der Waals surface area contributed by atoms with Crippen LogP contribution >= 0.6 is 0 Å². The topological polar surface area (TPSA) is 113 Å². The Labute approximate surface area is 109 Å². The Morgan fingerprint density at radius 2 is 2.16 bits per heavy atom. The van der Waals surface area contributed by atoms with Crippen molar-refractivity contribution in [2.75, 3.05) is 11.9 Å². The Kier molecular flexibility index (Phi) is 3.39. The first kappa shape index (κ1) is 13.3. The summed E-state index contributed by atoms with van der Waals surface area (Å²) < 4.78 is 0. The highest BCUT2D eigenvalue weighted by molar-refractivity contribution is 5.95. The van der Waals surface area contributed by atoms with E-state index in [4.69, 9.17) is 5.11 Å². The maximum absolute atomic E-state index is 11.1. The third-order valence-corrected chi connectivity index (χ3v) is 3.46. The number of carboxylic acids is 1. The van der Waals surface area contributed by atoms with Crippen LogP contribution in [0.4, 0.5) is 11.4 Å². The molecule has 3 N–H and O–H groups in total. The van der Waals surface area contributed by atoms with Crippen molar-refractivity contribution in [1.82, 2.24) is 0 Å². The van der Waals surface area contributed by atoms with Crippen LogP contribution in [-0.2, 0) is 0 Å². The van der Waals surface area contributed by atoms with E-state index in [0.717, 1.165) is 12.5 Å². The molecule has 0 radical (unpaired) electrons. The number of hydrogen-bond acceptors (Lipinski definition) is 5. The summed E-state index contributed by atoms with van der Waals surface area (Å²) in [5.74, 6) is -1.16. The number of carboxylic acid groups (broad SMARTS) is 1. The third kappa shape index (κ3) is 2.50. The van der Waals surface area contributed by atoms with Gasteiger partial charge in [0, 0.05) is 12.1 Å². The number of rotatable bonds is 5. The maximum Gasteiger partial charge on any atom is 0.337 e. The van der Waals surface area contributed by atoms with Gasteiger partial charge < -0.3 is 15.5 Å². The van der Waals surface area contributed by atoms with Crippen molar-refractivity contribution in [3.05, 3.63) is 33.9 Å². The van der Waals surface area contributed by atoms with E-state index in [0.29, 0.717) is 12.8 Å². The van der Waals surface area contributed by atoms with Crippen molar-refractivity contribution < 1.29 is 19.9 Å². The van der Waals surface area contributed by atoms with E-state index in [9.17, 15) is 20.0 Å². The zero-order chi connectivity index (χ0) is 14.0. The van der Waals surface area contributed by atoms with Gasteiger partial charge in [0.25, 0.3) is 5.69 Å². The zero-order valence-electron chi connectivity index (χ0n) is 10.1. The number of benzene rings is 1. The number of nitrogens with zero attached hydrogens (tertiary/aromatic N) is 1. The Balaban J connectivity index is 2.37. The molecule has 0 amide bonds. The molecule has 1 aromatic carbocycles. The number of carbonyl (C=O) groups is 1. The zero-order valence-corrected chi connectivity index (χ0v) is 10.1. The number of hydrogen-bond donors (Lipinski definition) is 3. The molecule has 7 heteroatoms. The van der Waals surface area contributed by atoms with Crippen LogP contribution < -0.4 is 5.32 Å². The maximum atomic E-state index is 11.1. The van der Waals surface area contributed by atoms with Gasteiger partial charge in [0.2, 0.25) is 0 Å². The van der Waals surface area contributed by atoms with Crippen molar-refractivity contribution in [2.45, 2.75) is 24.8 Å². The Morgan fingerprint density at radius 1 is 1.47 bits per heavy atom. The fraction of sp³-hybridized carbons (Fsp3) is 0.417. The Hall–Kier alpha value is -2.15. The smallest absolute Gasteiger partial charge is 0.337 e. The molecule has 1 aliphatic rings. The average Bonchev–Trinajstić information content (AvgIpc) is 2.33. The van der Waals surface area contributed by atoms with Gasteiger partial charge in [-0.3, -0.25) is 10.1 Å². The molecule has 0 spiro atoms. The lowest BCUT2D eigenvalue weighted by Gasteiger charge is -2.42. The number of non-ortho nitro benzene ring substituents is 1. The van der Waals surface area contributed by atoms with Gasteiger partial charge in [-0.1, -0.05) is 0 Å². The summed E-state index contributed by atoms with van der Waals surface area (Å²) >= 11 is 0. The Morgan fingerprint density at radius 3 is 2.58 bits per heavy atom. The van der Waals surface area contributed by atoms with Crippen LogP contribution in [0.15, 0.2) is 18.2 Å². The van der Waals surface area contributed by atoms with Crippen LogP contribution in [0, 0.1) is 10.1 Å². The molecule has 0 heterocycles. The largest absolute Gasteiger partial charge is 0.478 e. The minimum atomic E-state index is -1.16. The molecular formula is C12H14N2O5. The minimum Gasteiger partial charge on any atom is -0.478 e. The first-order valence-electron chi connectivity index (χ1n) is 5.88. The van der Waals surface area contributed by atoms with E-state index in [1.807, 2.05) is 0 Å². The van der Waals surface area contributed by atoms with Gasteiger partial charge in [0.05, 0.1) is 28.3 Å². The van der Waals surface area contributed by atoms with Crippen molar-refractivity contribution in [3.63, 3.8) is 0 Å². The van der Waals surface area contributed by atoms with Gasteiger partial charge in [-0.05, 0) is 25.3 Å². The summed E-state index contributed by atoms with van der Waals surface area (Å²) in [4.78, 5) is 21.3. The number of nitrogens with one attached hydrogen (secondary N) is 1. The molecular weight excluding hydrogens is 252 g/mol. The first-order valence-corrected chi connectivity index (χ1v) is 5.88. The summed E-state index contributed by atoms with van der Waals surface area (Å²) in [6.07, 6.45) is 2.36. The molecule has 0 saturated heterocycles. The SMILES string of the molecule is O=C(O)c1ccc([N+](=O)[O-])cc1NC1(CO)CCC1. The summed E-state index contributed by atoms with van der Waals surface area (Å²) in [7, 11) is 0. The lowest BCUT2D eigenvalue weighted by Crippen LogP contribution is -2.48. The molecule has 0 bridgehead atoms. The number of aliphatic hydroxyl groups excluding tert-OH is 1. The van der Waals surface area contributed by atoms with Crippen molar-refractivity contribution >= 4 is 17.3 Å². The second-order valence-electron chi connectivity index (χ2n) is 4.71. The molecule has 1 aromatic rings. The van der Waals surface area contributed by atoms with E-state index in [1.165, 1.54) is 12.1 Å². The fourth-order valence-corrected chi connectivity index (χ4v) is 2.15. The molecule has 0 aliphatic heterocycles. The number of anilines is 1. The monoisotopic (exact) mass is 266 g/mol. The highest BCUT2D eigenvalue weighted by Crippen LogP contribution is 2.36. The van der Waals surface area contributed by atoms with Gasteiger partial charge in [-0.15, -0.1) is 0 Å². The number of aliphatic hydroxyl groups is 1. The third-order valence-electron chi connectivity index (χ3n) is 3.46. The fourth-order valence-electron chi connectivity index (χ4n) is 2.15. The molecule has 1 saturated carbocycles. The van der Waals surface area contributed by atoms with E-state index in [1.54, 1.807) is 0 Å². The van der Waals surface area contributed by atoms with Crippen molar-refractivity contribution in [1.29, 1.82) is 0 Å². The van der Waals surface area contributed by atoms with Gasteiger partial charge in [-0.25, -0.2) is 4.79 Å². The van der Waals surface area contributed by atoms with Crippen molar-refractivity contribution in [2.24, 2.45) is 0 Å². The number of nitro benzene ring substituents is 1. The molecule has 0 unspecified atom stereocenters. The molecule has 1 fully saturated rings. The van der Waals surface area contributed by atoms with Crippen LogP contribution in [0.3, 0.4) is 0 Å². The minimum absolute atomic E-state index is 0.0367. The predicted molar refractivity (Wildman–Crippen MR) is 67.3 cm³/mol. The van der Waals surface area contributed by atoms with Crippen LogP contribution in [0.5, 0.6) is 0 Å². The summed E-state index contributed by atoms with van der Waals surface area (Å²) in [5.41, 5.74) is -0.597. The van der Waals surface area contributed by atoms with Gasteiger partial charge in [0.1, 0.15) is 0 Å². The van der Waals surface area contributed by atoms with Gasteiger partial charge in [0.15, 0.2) is 0 Å². The molecule has 102 valence electrons. The van der Waals surface area contributed by atoms with Crippen LogP contribution in [0.2, 0.25) is 0 Å².